The van der Waals surface area contributed by atoms with Crippen LogP contribution >= 0.6 is 0 Å². The van der Waals surface area contributed by atoms with Crippen molar-refractivity contribution in [3.8, 4) is 0 Å². The summed E-state index contributed by atoms with van der Waals surface area (Å²) >= 11 is 0. The highest BCUT2D eigenvalue weighted by Crippen LogP contribution is 2.08. The van der Waals surface area contributed by atoms with Crippen LogP contribution < -0.4 is 22.1 Å². The highest BCUT2D eigenvalue weighted by molar-refractivity contribution is 5.75. The molecule has 0 aromatic rings. The van der Waals surface area contributed by atoms with Crippen molar-refractivity contribution in [2.45, 2.75) is 25.3 Å². The fourth-order valence-corrected chi connectivity index (χ4v) is 2.07. The van der Waals surface area contributed by atoms with Gasteiger partial charge in [-0.2, -0.15) is 0 Å². The van der Waals surface area contributed by atoms with Crippen molar-refractivity contribution in [2.75, 3.05) is 26.2 Å². The first kappa shape index (κ1) is 13.6. The summed E-state index contributed by atoms with van der Waals surface area (Å²) in [5.41, 5.74) is 10.6. The molecule has 8 N–H and O–H groups in total. The Labute approximate surface area is 102 Å². The molecule has 0 aromatic carbocycles. The number of nitrogens with one attached hydrogen (secondary N) is 4. The first-order valence-electron chi connectivity index (χ1n) is 5.98. The van der Waals surface area contributed by atoms with E-state index in [1.807, 2.05) is 0 Å². The van der Waals surface area contributed by atoms with E-state index < -0.39 is 0 Å². The zero-order chi connectivity index (χ0) is 12.7. The van der Waals surface area contributed by atoms with E-state index in [4.69, 9.17) is 22.3 Å². The predicted octanol–water partition coefficient (Wildman–Crippen LogP) is -1.19. The van der Waals surface area contributed by atoms with E-state index in [1.54, 1.807) is 0 Å². The highest BCUT2D eigenvalue weighted by Gasteiger charge is 2.16. The molecular weight excluding hydrogens is 218 g/mol. The molecule has 1 atom stereocenters. The van der Waals surface area contributed by atoms with Crippen LogP contribution in [0.5, 0.6) is 0 Å². The first-order valence-corrected chi connectivity index (χ1v) is 5.98. The second kappa shape index (κ2) is 6.95. The maximum absolute atomic E-state index is 7.26. The summed E-state index contributed by atoms with van der Waals surface area (Å²) < 4.78 is 0. The van der Waals surface area contributed by atoms with E-state index in [2.05, 4.69) is 15.5 Å². The SMILES string of the molecule is N=C(N)NCC(CN1CCCCC1)NC(=N)N. The van der Waals surface area contributed by atoms with Crippen molar-refractivity contribution in [1.82, 2.24) is 15.5 Å². The van der Waals surface area contributed by atoms with Crippen LogP contribution in [0.15, 0.2) is 0 Å². The lowest BCUT2D eigenvalue weighted by Crippen LogP contribution is -2.53. The molecule has 0 bridgehead atoms. The number of rotatable bonds is 5. The second-order valence-electron chi connectivity index (χ2n) is 4.41. The molecule has 1 unspecified atom stereocenters. The van der Waals surface area contributed by atoms with Crippen molar-refractivity contribution >= 4 is 11.9 Å². The Balaban J connectivity index is 2.37. The molecule has 0 radical (unpaired) electrons. The van der Waals surface area contributed by atoms with Gasteiger partial charge < -0.3 is 27.0 Å². The van der Waals surface area contributed by atoms with Gasteiger partial charge in [0.15, 0.2) is 11.9 Å². The van der Waals surface area contributed by atoms with Gasteiger partial charge >= 0.3 is 0 Å². The predicted molar refractivity (Wildman–Crippen MR) is 69.0 cm³/mol. The van der Waals surface area contributed by atoms with Gasteiger partial charge in [-0.15, -0.1) is 0 Å². The van der Waals surface area contributed by atoms with Gasteiger partial charge in [-0.05, 0) is 25.9 Å². The average molecular weight is 241 g/mol. The summed E-state index contributed by atoms with van der Waals surface area (Å²) in [6, 6.07) is 0.00880. The number of nitrogens with zero attached hydrogens (tertiary/aromatic N) is 1. The van der Waals surface area contributed by atoms with Gasteiger partial charge in [0.05, 0.1) is 6.04 Å². The van der Waals surface area contributed by atoms with Gasteiger partial charge in [-0.1, -0.05) is 6.42 Å². The van der Waals surface area contributed by atoms with Crippen molar-refractivity contribution in [3.05, 3.63) is 0 Å². The molecule has 7 nitrogen and oxygen atoms in total. The van der Waals surface area contributed by atoms with Crippen molar-refractivity contribution < 1.29 is 0 Å². The van der Waals surface area contributed by atoms with Crippen LogP contribution in [0.2, 0.25) is 0 Å². The lowest BCUT2D eigenvalue weighted by molar-refractivity contribution is 0.211. The number of guanidine groups is 2. The minimum atomic E-state index is -0.0565. The molecule has 1 saturated heterocycles. The molecule has 7 heteroatoms. The van der Waals surface area contributed by atoms with Gasteiger partial charge in [0, 0.05) is 13.1 Å². The average Bonchev–Trinajstić information content (AvgIpc) is 2.26. The van der Waals surface area contributed by atoms with E-state index in [9.17, 15) is 0 Å². The van der Waals surface area contributed by atoms with E-state index in [0.717, 1.165) is 19.6 Å². The summed E-state index contributed by atoms with van der Waals surface area (Å²) in [6.45, 7) is 3.51. The Morgan fingerprint density at radius 3 is 2.29 bits per heavy atom. The van der Waals surface area contributed by atoms with Gasteiger partial charge in [-0.25, -0.2) is 0 Å². The van der Waals surface area contributed by atoms with Gasteiger partial charge in [0.2, 0.25) is 0 Å². The van der Waals surface area contributed by atoms with E-state index in [1.165, 1.54) is 19.3 Å². The molecular formula is C10H23N7. The molecule has 0 aromatic heterocycles. The second-order valence-corrected chi connectivity index (χ2v) is 4.41. The Bertz CT molecular complexity index is 259. The van der Waals surface area contributed by atoms with Crippen molar-refractivity contribution in [2.24, 2.45) is 11.5 Å². The fraction of sp³-hybridized carbons (Fsp3) is 0.800. The molecule has 1 aliphatic rings. The van der Waals surface area contributed by atoms with Crippen LogP contribution in [0.4, 0.5) is 0 Å². The van der Waals surface area contributed by atoms with E-state index >= 15 is 0 Å². The van der Waals surface area contributed by atoms with Crippen LogP contribution in [-0.2, 0) is 0 Å². The lowest BCUT2D eigenvalue weighted by atomic mass is 10.1. The molecule has 0 saturated carbocycles. The smallest absolute Gasteiger partial charge is 0.186 e. The van der Waals surface area contributed by atoms with Crippen LogP contribution in [-0.4, -0.2) is 49.0 Å². The third kappa shape index (κ3) is 5.96. The Kier molecular flexibility index (Phi) is 5.55. The summed E-state index contributed by atoms with van der Waals surface area (Å²) in [5, 5.41) is 20.0. The molecule has 1 fully saturated rings. The zero-order valence-electron chi connectivity index (χ0n) is 10.1. The van der Waals surface area contributed by atoms with Crippen LogP contribution in [0, 0.1) is 10.8 Å². The normalized spacial score (nSPS) is 18.4. The van der Waals surface area contributed by atoms with E-state index in [-0.39, 0.29) is 18.0 Å². The molecule has 0 aliphatic carbocycles. The Hall–Kier alpha value is -1.50. The standard InChI is InChI=1S/C10H23N7/c11-9(12)15-6-8(16-10(13)14)7-17-4-2-1-3-5-17/h8H,1-7H2,(H4,11,12,15)(H4,13,14,16). The fourth-order valence-electron chi connectivity index (χ4n) is 2.07. The topological polar surface area (TPSA) is 127 Å². The first-order chi connectivity index (χ1) is 8.08. The number of hydrogen-bond acceptors (Lipinski definition) is 3. The molecule has 98 valence electrons. The Morgan fingerprint density at radius 2 is 1.76 bits per heavy atom. The summed E-state index contributed by atoms with van der Waals surface area (Å²) in [4.78, 5) is 2.35. The third-order valence-electron chi connectivity index (χ3n) is 2.83. The van der Waals surface area contributed by atoms with Gasteiger partial charge in [0.1, 0.15) is 0 Å². The van der Waals surface area contributed by atoms with Crippen molar-refractivity contribution in [3.63, 3.8) is 0 Å². The number of likely N-dealkylation sites (tertiary alicyclic amines) is 1. The van der Waals surface area contributed by atoms with E-state index in [0.29, 0.717) is 6.54 Å². The molecule has 1 heterocycles. The van der Waals surface area contributed by atoms with Crippen LogP contribution in [0.1, 0.15) is 19.3 Å². The molecule has 1 rings (SSSR count). The largest absolute Gasteiger partial charge is 0.370 e. The molecule has 0 spiro atoms. The van der Waals surface area contributed by atoms with Crippen LogP contribution in [0.3, 0.4) is 0 Å². The van der Waals surface area contributed by atoms with Gasteiger partial charge in [0.25, 0.3) is 0 Å². The van der Waals surface area contributed by atoms with Gasteiger partial charge in [-0.3, -0.25) is 10.8 Å². The highest BCUT2D eigenvalue weighted by atomic mass is 15.2. The summed E-state index contributed by atoms with van der Waals surface area (Å²) in [7, 11) is 0. The van der Waals surface area contributed by atoms with Crippen molar-refractivity contribution in [1.29, 1.82) is 10.8 Å². The minimum absolute atomic E-state index is 0.00880. The van der Waals surface area contributed by atoms with Crippen LogP contribution in [0.25, 0.3) is 0 Å². The molecule has 1 aliphatic heterocycles. The zero-order valence-corrected chi connectivity index (χ0v) is 10.1. The third-order valence-corrected chi connectivity index (χ3v) is 2.83. The maximum Gasteiger partial charge on any atom is 0.186 e. The molecule has 0 amide bonds. The maximum atomic E-state index is 7.26. The minimum Gasteiger partial charge on any atom is -0.370 e. The quantitative estimate of drug-likeness (QED) is 0.266. The lowest BCUT2D eigenvalue weighted by Gasteiger charge is -2.31. The number of piperidine rings is 1. The summed E-state index contributed by atoms with van der Waals surface area (Å²) in [6.07, 6.45) is 3.76. The monoisotopic (exact) mass is 241 g/mol. The number of hydrogen-bond donors (Lipinski definition) is 6. The Morgan fingerprint density at radius 1 is 1.12 bits per heavy atom. The number of nitrogens with two attached hydrogens (primary N) is 2. The summed E-state index contributed by atoms with van der Waals surface area (Å²) in [5.74, 6) is -0.101. The molecule has 17 heavy (non-hydrogen) atoms.